The van der Waals surface area contributed by atoms with Gasteiger partial charge in [0.2, 0.25) is 0 Å². The number of rotatable bonds is 3. The number of likely N-dealkylation sites (tertiary alicyclic amines) is 1. The molecule has 1 saturated heterocycles. The number of carbonyl (C=O) groups is 2. The van der Waals surface area contributed by atoms with E-state index in [2.05, 4.69) is 4.98 Å². The number of nitrogens with zero attached hydrogens (tertiary/aromatic N) is 2. The van der Waals surface area contributed by atoms with E-state index in [4.69, 9.17) is 10.5 Å². The van der Waals surface area contributed by atoms with Crippen molar-refractivity contribution in [1.29, 1.82) is 0 Å². The van der Waals surface area contributed by atoms with E-state index >= 15 is 0 Å². The zero-order valence-corrected chi connectivity index (χ0v) is 11.5. The SMILES string of the molecule is CCOC(=O)C1CCCCN1C(=O)c1ccc(N)cn1. The zero-order chi connectivity index (χ0) is 14.5. The number of hydrogen-bond donors (Lipinski definition) is 1. The van der Waals surface area contributed by atoms with E-state index < -0.39 is 6.04 Å². The number of nitrogen functional groups attached to an aromatic ring is 1. The molecule has 0 spiro atoms. The predicted molar refractivity (Wildman–Crippen MR) is 74.0 cm³/mol. The molecule has 108 valence electrons. The van der Waals surface area contributed by atoms with Crippen molar-refractivity contribution < 1.29 is 14.3 Å². The van der Waals surface area contributed by atoms with E-state index in [1.165, 1.54) is 6.20 Å². The first-order valence-corrected chi connectivity index (χ1v) is 6.82. The minimum absolute atomic E-state index is 0.247. The van der Waals surface area contributed by atoms with E-state index in [-0.39, 0.29) is 11.9 Å². The van der Waals surface area contributed by atoms with Gasteiger partial charge in [-0.25, -0.2) is 9.78 Å². The van der Waals surface area contributed by atoms with Crippen molar-refractivity contribution in [2.75, 3.05) is 18.9 Å². The largest absolute Gasteiger partial charge is 0.464 e. The van der Waals surface area contributed by atoms with Gasteiger partial charge in [0.15, 0.2) is 0 Å². The van der Waals surface area contributed by atoms with Crippen LogP contribution in [0.1, 0.15) is 36.7 Å². The zero-order valence-electron chi connectivity index (χ0n) is 11.5. The number of piperidine rings is 1. The highest BCUT2D eigenvalue weighted by atomic mass is 16.5. The van der Waals surface area contributed by atoms with Crippen LogP contribution in [0.2, 0.25) is 0 Å². The van der Waals surface area contributed by atoms with Crippen LogP contribution >= 0.6 is 0 Å². The van der Waals surface area contributed by atoms with Crippen LogP contribution in [0.3, 0.4) is 0 Å². The van der Waals surface area contributed by atoms with Gasteiger partial charge in [0, 0.05) is 6.54 Å². The van der Waals surface area contributed by atoms with Crippen LogP contribution in [0.4, 0.5) is 5.69 Å². The number of anilines is 1. The number of carbonyl (C=O) groups excluding carboxylic acids is 2. The second-order valence-electron chi connectivity index (χ2n) is 4.74. The highest BCUT2D eigenvalue weighted by molar-refractivity contribution is 5.95. The fraction of sp³-hybridized carbons (Fsp3) is 0.500. The Kier molecular flexibility index (Phi) is 4.55. The molecule has 1 aliphatic heterocycles. The van der Waals surface area contributed by atoms with Crippen LogP contribution in [0.15, 0.2) is 18.3 Å². The molecule has 1 fully saturated rings. The molecule has 2 N–H and O–H groups in total. The third kappa shape index (κ3) is 3.07. The normalized spacial score (nSPS) is 18.6. The van der Waals surface area contributed by atoms with Gasteiger partial charge in [-0.15, -0.1) is 0 Å². The van der Waals surface area contributed by atoms with Crippen LogP contribution in [0, 0.1) is 0 Å². The first-order valence-electron chi connectivity index (χ1n) is 6.82. The molecule has 2 heterocycles. The smallest absolute Gasteiger partial charge is 0.328 e. The Morgan fingerprint density at radius 3 is 2.90 bits per heavy atom. The number of ether oxygens (including phenoxy) is 1. The van der Waals surface area contributed by atoms with Gasteiger partial charge in [-0.1, -0.05) is 0 Å². The molecule has 6 nitrogen and oxygen atoms in total. The number of esters is 1. The molecule has 0 bridgehead atoms. The summed E-state index contributed by atoms with van der Waals surface area (Å²) in [5.41, 5.74) is 6.36. The van der Waals surface area contributed by atoms with Gasteiger partial charge >= 0.3 is 5.97 Å². The number of aromatic nitrogens is 1. The predicted octanol–water partition coefficient (Wildman–Crippen LogP) is 1.22. The lowest BCUT2D eigenvalue weighted by Gasteiger charge is -2.33. The van der Waals surface area contributed by atoms with Crippen molar-refractivity contribution in [3.05, 3.63) is 24.0 Å². The van der Waals surface area contributed by atoms with Crippen molar-refractivity contribution in [2.45, 2.75) is 32.2 Å². The van der Waals surface area contributed by atoms with Crippen molar-refractivity contribution in [2.24, 2.45) is 0 Å². The van der Waals surface area contributed by atoms with Crippen LogP contribution in [0.25, 0.3) is 0 Å². The first kappa shape index (κ1) is 14.3. The van der Waals surface area contributed by atoms with Crippen molar-refractivity contribution in [1.82, 2.24) is 9.88 Å². The molecule has 1 unspecified atom stereocenters. The first-order chi connectivity index (χ1) is 9.63. The van der Waals surface area contributed by atoms with Crippen molar-refractivity contribution in [3.8, 4) is 0 Å². The average molecular weight is 277 g/mol. The molecule has 0 aromatic carbocycles. The van der Waals surface area contributed by atoms with E-state index in [1.807, 2.05) is 0 Å². The maximum absolute atomic E-state index is 12.4. The Bertz CT molecular complexity index is 487. The van der Waals surface area contributed by atoms with Crippen LogP contribution in [-0.4, -0.2) is 41.0 Å². The summed E-state index contributed by atoms with van der Waals surface area (Å²) in [5.74, 6) is -0.584. The third-order valence-electron chi connectivity index (χ3n) is 3.33. The Morgan fingerprint density at radius 2 is 2.25 bits per heavy atom. The Hall–Kier alpha value is -2.11. The topological polar surface area (TPSA) is 85.5 Å². The minimum atomic E-state index is -0.504. The Morgan fingerprint density at radius 1 is 1.45 bits per heavy atom. The van der Waals surface area contributed by atoms with Gasteiger partial charge in [-0.05, 0) is 38.3 Å². The highest BCUT2D eigenvalue weighted by Gasteiger charge is 2.33. The standard InChI is InChI=1S/C14H19N3O3/c1-2-20-14(19)12-5-3-4-8-17(12)13(18)11-7-6-10(15)9-16-11/h6-7,9,12H,2-5,8,15H2,1H3. The molecule has 1 aromatic heterocycles. The second-order valence-corrected chi connectivity index (χ2v) is 4.74. The van der Waals surface area contributed by atoms with E-state index in [0.717, 1.165) is 12.8 Å². The molecular weight excluding hydrogens is 258 g/mol. The van der Waals surface area contributed by atoms with Crippen LogP contribution in [0.5, 0.6) is 0 Å². The maximum Gasteiger partial charge on any atom is 0.328 e. The molecule has 0 radical (unpaired) electrons. The maximum atomic E-state index is 12.4. The summed E-state index contributed by atoms with van der Waals surface area (Å²) in [4.78, 5) is 30.0. The van der Waals surface area contributed by atoms with Gasteiger partial charge in [0.05, 0.1) is 18.5 Å². The monoisotopic (exact) mass is 277 g/mol. The van der Waals surface area contributed by atoms with E-state index in [0.29, 0.717) is 31.0 Å². The lowest BCUT2D eigenvalue weighted by molar-refractivity contribution is -0.149. The number of hydrogen-bond acceptors (Lipinski definition) is 5. The molecular formula is C14H19N3O3. The molecule has 1 aromatic rings. The molecule has 0 aliphatic carbocycles. The Balaban J connectivity index is 2.16. The molecule has 0 saturated carbocycles. The van der Waals surface area contributed by atoms with E-state index in [1.54, 1.807) is 24.0 Å². The van der Waals surface area contributed by atoms with Crippen molar-refractivity contribution in [3.63, 3.8) is 0 Å². The van der Waals surface area contributed by atoms with Crippen LogP contribution in [-0.2, 0) is 9.53 Å². The van der Waals surface area contributed by atoms with Gasteiger partial charge in [-0.2, -0.15) is 0 Å². The minimum Gasteiger partial charge on any atom is -0.464 e. The summed E-state index contributed by atoms with van der Waals surface area (Å²) < 4.78 is 5.04. The van der Waals surface area contributed by atoms with Crippen molar-refractivity contribution >= 4 is 17.6 Å². The van der Waals surface area contributed by atoms with Crippen LogP contribution < -0.4 is 5.73 Å². The van der Waals surface area contributed by atoms with Gasteiger partial charge in [0.25, 0.3) is 5.91 Å². The molecule has 1 aliphatic rings. The molecule has 1 amide bonds. The van der Waals surface area contributed by atoms with Gasteiger partial charge in [-0.3, -0.25) is 4.79 Å². The number of nitrogens with two attached hydrogens (primary N) is 1. The fourth-order valence-electron chi connectivity index (χ4n) is 2.34. The summed E-state index contributed by atoms with van der Waals surface area (Å²) in [6.45, 7) is 2.63. The number of pyridine rings is 1. The molecule has 1 atom stereocenters. The lowest BCUT2D eigenvalue weighted by atomic mass is 10.0. The average Bonchev–Trinajstić information content (AvgIpc) is 2.47. The number of amides is 1. The lowest BCUT2D eigenvalue weighted by Crippen LogP contribution is -2.48. The molecule has 20 heavy (non-hydrogen) atoms. The van der Waals surface area contributed by atoms with Gasteiger partial charge in [0.1, 0.15) is 11.7 Å². The van der Waals surface area contributed by atoms with E-state index in [9.17, 15) is 9.59 Å². The second kappa shape index (κ2) is 6.36. The molecule has 6 heteroatoms. The quantitative estimate of drug-likeness (QED) is 0.840. The summed E-state index contributed by atoms with van der Waals surface area (Å²) in [5, 5.41) is 0. The highest BCUT2D eigenvalue weighted by Crippen LogP contribution is 2.20. The molecule has 2 rings (SSSR count). The summed E-state index contributed by atoms with van der Waals surface area (Å²) in [6, 6.07) is 2.70. The summed E-state index contributed by atoms with van der Waals surface area (Å²) in [6.07, 6.45) is 3.88. The van der Waals surface area contributed by atoms with Gasteiger partial charge < -0.3 is 15.4 Å². The summed E-state index contributed by atoms with van der Waals surface area (Å²) in [7, 11) is 0. The summed E-state index contributed by atoms with van der Waals surface area (Å²) >= 11 is 0. The fourth-order valence-corrected chi connectivity index (χ4v) is 2.34. The Labute approximate surface area is 117 Å². The third-order valence-corrected chi connectivity index (χ3v) is 3.33.